The molecule has 3 heteroatoms. The Morgan fingerprint density at radius 2 is 2.00 bits per heavy atom. The van der Waals surface area contributed by atoms with Crippen molar-refractivity contribution in [3.63, 3.8) is 0 Å². The molecule has 18 heavy (non-hydrogen) atoms. The molecule has 1 aliphatic rings. The summed E-state index contributed by atoms with van der Waals surface area (Å²) in [7, 11) is 0. The van der Waals surface area contributed by atoms with Gasteiger partial charge in [-0.25, -0.2) is 4.98 Å². The molecule has 1 saturated carbocycles. The van der Waals surface area contributed by atoms with Crippen LogP contribution in [0.15, 0.2) is 24.3 Å². The third-order valence-electron chi connectivity index (χ3n) is 4.10. The average Bonchev–Trinajstić information content (AvgIpc) is 2.84. The molecule has 1 atom stereocenters. The van der Waals surface area contributed by atoms with Crippen LogP contribution in [0, 0.1) is 5.92 Å². The van der Waals surface area contributed by atoms with Crippen LogP contribution in [0.1, 0.15) is 43.0 Å². The third-order valence-corrected chi connectivity index (χ3v) is 5.27. The molecular weight excluding hydrogens is 240 g/mol. The van der Waals surface area contributed by atoms with Gasteiger partial charge in [0.1, 0.15) is 0 Å². The van der Waals surface area contributed by atoms with Crippen molar-refractivity contribution in [2.75, 3.05) is 6.54 Å². The van der Waals surface area contributed by atoms with E-state index in [9.17, 15) is 0 Å². The summed E-state index contributed by atoms with van der Waals surface area (Å²) in [5.41, 5.74) is 7.16. The molecule has 0 amide bonds. The molecule has 0 radical (unpaired) electrons. The zero-order valence-corrected chi connectivity index (χ0v) is 11.5. The molecule has 2 nitrogen and oxygen atoms in total. The fraction of sp³-hybridized carbons (Fsp3) is 0.533. The van der Waals surface area contributed by atoms with E-state index in [2.05, 4.69) is 24.3 Å². The van der Waals surface area contributed by atoms with Crippen LogP contribution in [-0.2, 0) is 0 Å². The molecule has 2 aromatic rings. The van der Waals surface area contributed by atoms with Crippen molar-refractivity contribution in [1.82, 2.24) is 4.98 Å². The van der Waals surface area contributed by atoms with E-state index < -0.39 is 0 Å². The highest BCUT2D eigenvalue weighted by Gasteiger charge is 2.26. The van der Waals surface area contributed by atoms with Crippen molar-refractivity contribution in [2.24, 2.45) is 11.7 Å². The van der Waals surface area contributed by atoms with Crippen molar-refractivity contribution in [1.29, 1.82) is 0 Å². The SMILES string of the molecule is NCC(c1nc2ccccc2s1)C1CCCCC1. The Kier molecular flexibility index (Phi) is 3.62. The minimum absolute atomic E-state index is 0.475. The summed E-state index contributed by atoms with van der Waals surface area (Å²) in [4.78, 5) is 4.80. The number of aromatic nitrogens is 1. The lowest BCUT2D eigenvalue weighted by Crippen LogP contribution is -2.23. The molecule has 0 aliphatic heterocycles. The van der Waals surface area contributed by atoms with E-state index >= 15 is 0 Å². The first-order chi connectivity index (χ1) is 8.88. The first-order valence-corrected chi connectivity index (χ1v) is 7.75. The van der Waals surface area contributed by atoms with Gasteiger partial charge in [-0.2, -0.15) is 0 Å². The maximum absolute atomic E-state index is 6.02. The van der Waals surface area contributed by atoms with Gasteiger partial charge in [-0.3, -0.25) is 0 Å². The standard InChI is InChI=1S/C15H20N2S/c16-10-12(11-6-2-1-3-7-11)15-17-13-8-4-5-9-14(13)18-15/h4-5,8-9,11-12H,1-3,6-7,10,16H2. The highest BCUT2D eigenvalue weighted by molar-refractivity contribution is 7.18. The molecule has 0 saturated heterocycles. The van der Waals surface area contributed by atoms with Crippen LogP contribution in [-0.4, -0.2) is 11.5 Å². The van der Waals surface area contributed by atoms with Crippen LogP contribution in [0.25, 0.3) is 10.2 Å². The first-order valence-electron chi connectivity index (χ1n) is 6.94. The summed E-state index contributed by atoms with van der Waals surface area (Å²) in [6.07, 6.45) is 6.79. The van der Waals surface area contributed by atoms with Crippen LogP contribution in [0.4, 0.5) is 0 Å². The van der Waals surface area contributed by atoms with Crippen molar-refractivity contribution in [3.8, 4) is 0 Å². The molecule has 2 N–H and O–H groups in total. The molecule has 1 unspecified atom stereocenters. The van der Waals surface area contributed by atoms with Crippen molar-refractivity contribution in [3.05, 3.63) is 29.3 Å². The van der Waals surface area contributed by atoms with Gasteiger partial charge in [0.25, 0.3) is 0 Å². The summed E-state index contributed by atoms with van der Waals surface area (Å²) in [6.45, 7) is 0.741. The summed E-state index contributed by atoms with van der Waals surface area (Å²) in [5, 5.41) is 1.26. The minimum atomic E-state index is 0.475. The lowest BCUT2D eigenvalue weighted by molar-refractivity contribution is 0.307. The summed E-state index contributed by atoms with van der Waals surface area (Å²) >= 11 is 1.83. The third kappa shape index (κ3) is 2.29. The van der Waals surface area contributed by atoms with Gasteiger partial charge in [0.15, 0.2) is 0 Å². The molecular formula is C15H20N2S. The fourth-order valence-corrected chi connectivity index (χ4v) is 4.25. The Labute approximate surface area is 112 Å². The minimum Gasteiger partial charge on any atom is -0.330 e. The van der Waals surface area contributed by atoms with E-state index in [0.717, 1.165) is 18.0 Å². The maximum Gasteiger partial charge on any atom is 0.0984 e. The van der Waals surface area contributed by atoms with Crippen LogP contribution in [0.2, 0.25) is 0 Å². The lowest BCUT2D eigenvalue weighted by Gasteiger charge is -2.27. The Bertz CT molecular complexity index is 481. The Morgan fingerprint density at radius 3 is 2.72 bits per heavy atom. The summed E-state index contributed by atoms with van der Waals surface area (Å²) in [6, 6.07) is 8.40. The van der Waals surface area contributed by atoms with Crippen molar-refractivity contribution >= 4 is 21.6 Å². The maximum atomic E-state index is 6.02. The van der Waals surface area contributed by atoms with Gasteiger partial charge >= 0.3 is 0 Å². The second kappa shape index (κ2) is 5.37. The quantitative estimate of drug-likeness (QED) is 0.908. The van der Waals surface area contributed by atoms with Gasteiger partial charge in [0.05, 0.1) is 15.2 Å². The monoisotopic (exact) mass is 260 g/mol. The zero-order chi connectivity index (χ0) is 12.4. The second-order valence-corrected chi connectivity index (χ2v) is 6.32. The fourth-order valence-electron chi connectivity index (χ4n) is 3.08. The zero-order valence-electron chi connectivity index (χ0n) is 10.6. The molecule has 3 rings (SSSR count). The van der Waals surface area contributed by atoms with E-state index in [4.69, 9.17) is 10.7 Å². The molecule has 1 aliphatic carbocycles. The number of thiazole rings is 1. The van der Waals surface area contributed by atoms with Gasteiger partial charge < -0.3 is 5.73 Å². The average molecular weight is 260 g/mol. The van der Waals surface area contributed by atoms with Gasteiger partial charge in [-0.15, -0.1) is 11.3 Å². The molecule has 0 spiro atoms. The molecule has 1 aromatic heterocycles. The molecule has 1 fully saturated rings. The molecule has 1 aromatic carbocycles. The van der Waals surface area contributed by atoms with Crippen LogP contribution in [0.3, 0.4) is 0 Å². The normalized spacial score (nSPS) is 19.2. The number of nitrogens with two attached hydrogens (primary N) is 1. The van der Waals surface area contributed by atoms with Gasteiger partial charge in [0.2, 0.25) is 0 Å². The Balaban J connectivity index is 1.90. The predicted octanol–water partition coefficient (Wildman–Crippen LogP) is 3.92. The molecule has 96 valence electrons. The Morgan fingerprint density at radius 1 is 1.22 bits per heavy atom. The summed E-state index contributed by atoms with van der Waals surface area (Å²) < 4.78 is 1.29. The first kappa shape index (κ1) is 12.1. The molecule has 1 heterocycles. The van der Waals surface area contributed by atoms with Gasteiger partial charge in [0, 0.05) is 12.5 Å². The van der Waals surface area contributed by atoms with Crippen LogP contribution in [0.5, 0.6) is 0 Å². The lowest BCUT2D eigenvalue weighted by atomic mass is 9.80. The van der Waals surface area contributed by atoms with Crippen LogP contribution < -0.4 is 5.73 Å². The highest BCUT2D eigenvalue weighted by atomic mass is 32.1. The smallest absolute Gasteiger partial charge is 0.0984 e. The molecule has 0 bridgehead atoms. The number of fused-ring (bicyclic) bond motifs is 1. The van der Waals surface area contributed by atoms with Crippen molar-refractivity contribution < 1.29 is 0 Å². The van der Waals surface area contributed by atoms with Crippen molar-refractivity contribution in [2.45, 2.75) is 38.0 Å². The van der Waals surface area contributed by atoms with E-state index in [1.165, 1.54) is 41.8 Å². The number of rotatable bonds is 3. The number of para-hydroxylation sites is 1. The number of nitrogens with zero attached hydrogens (tertiary/aromatic N) is 1. The van der Waals surface area contributed by atoms with E-state index in [1.54, 1.807) is 0 Å². The second-order valence-electron chi connectivity index (χ2n) is 5.26. The summed E-state index contributed by atoms with van der Waals surface area (Å²) in [5.74, 6) is 1.23. The largest absolute Gasteiger partial charge is 0.330 e. The number of hydrogen-bond acceptors (Lipinski definition) is 3. The van der Waals surface area contributed by atoms with Gasteiger partial charge in [-0.05, 0) is 30.9 Å². The van der Waals surface area contributed by atoms with Crippen LogP contribution >= 0.6 is 11.3 Å². The van der Waals surface area contributed by atoms with E-state index in [0.29, 0.717) is 5.92 Å². The highest BCUT2D eigenvalue weighted by Crippen LogP contribution is 2.38. The topological polar surface area (TPSA) is 38.9 Å². The predicted molar refractivity (Wildman–Crippen MR) is 78.0 cm³/mol. The number of benzene rings is 1. The van der Waals surface area contributed by atoms with E-state index in [1.807, 2.05) is 11.3 Å². The number of hydrogen-bond donors (Lipinski definition) is 1. The van der Waals surface area contributed by atoms with Gasteiger partial charge in [-0.1, -0.05) is 31.4 Å². The Hall–Kier alpha value is -0.930. The van der Waals surface area contributed by atoms with E-state index in [-0.39, 0.29) is 0 Å².